The Morgan fingerprint density at radius 3 is 2.27 bits per heavy atom. The van der Waals surface area contributed by atoms with E-state index in [2.05, 4.69) is 26.5 Å². The highest BCUT2D eigenvalue weighted by Crippen LogP contribution is 2.16. The molecule has 1 nitrogen and oxygen atoms in total. The van der Waals surface area contributed by atoms with Crippen molar-refractivity contribution in [2.24, 2.45) is 0 Å². The van der Waals surface area contributed by atoms with Gasteiger partial charge in [0.1, 0.15) is 12.4 Å². The molecule has 0 radical (unpaired) electrons. The quantitative estimate of drug-likeness (QED) is 0.669. The highest BCUT2D eigenvalue weighted by molar-refractivity contribution is 5.61. The molecule has 0 unspecified atom stereocenters. The van der Waals surface area contributed by atoms with E-state index in [9.17, 15) is 0 Å². The Kier molecular flexibility index (Phi) is 4.17. The average molecular weight is 202 g/mol. The normalized spacial score (nSPS) is 9.53. The maximum atomic E-state index is 5.55. The van der Waals surface area contributed by atoms with Gasteiger partial charge in [-0.15, -0.1) is 0 Å². The number of allylic oxidation sites excluding steroid dienone is 2. The molecule has 0 aromatic heterocycles. The smallest absolute Gasteiger partial charge is 0.119 e. The third-order valence-electron chi connectivity index (χ3n) is 2.09. The molecule has 0 aliphatic carbocycles. The zero-order valence-electron chi connectivity index (χ0n) is 9.71. The van der Waals surface area contributed by atoms with Crippen LogP contribution >= 0.6 is 0 Å². The van der Waals surface area contributed by atoms with Gasteiger partial charge in [-0.05, 0) is 44.5 Å². The second kappa shape index (κ2) is 5.40. The lowest BCUT2D eigenvalue weighted by molar-refractivity contribution is 0.362. The second-order valence-electron chi connectivity index (χ2n) is 3.90. The molecule has 1 rings (SSSR count). The largest absolute Gasteiger partial charge is 0.490 e. The number of benzene rings is 1. The van der Waals surface area contributed by atoms with Crippen LogP contribution in [-0.2, 0) is 0 Å². The Morgan fingerprint density at radius 2 is 1.80 bits per heavy atom. The van der Waals surface area contributed by atoms with Crippen LogP contribution in [0.4, 0.5) is 0 Å². The molecule has 0 bridgehead atoms. The van der Waals surface area contributed by atoms with Gasteiger partial charge in [-0.25, -0.2) is 0 Å². The van der Waals surface area contributed by atoms with Crippen molar-refractivity contribution in [1.82, 2.24) is 0 Å². The molecule has 1 aromatic rings. The number of rotatable bonds is 4. The van der Waals surface area contributed by atoms with Gasteiger partial charge in [0.05, 0.1) is 0 Å². The van der Waals surface area contributed by atoms with E-state index in [1.165, 1.54) is 5.57 Å². The lowest BCUT2D eigenvalue weighted by atomic mass is 10.1. The number of hydrogen-bond donors (Lipinski definition) is 0. The fraction of sp³-hybridized carbons (Fsp3) is 0.286. The SMILES string of the molecule is C=C(C)c1ccc(OCC=C(C)C)cc1. The predicted molar refractivity (Wildman–Crippen MR) is 66.1 cm³/mol. The minimum atomic E-state index is 0.634. The molecule has 0 fully saturated rings. The van der Waals surface area contributed by atoms with E-state index in [0.717, 1.165) is 16.9 Å². The molecule has 0 saturated heterocycles. The van der Waals surface area contributed by atoms with Crippen LogP contribution in [0.1, 0.15) is 26.3 Å². The van der Waals surface area contributed by atoms with E-state index in [-0.39, 0.29) is 0 Å². The molecule has 0 atom stereocenters. The Balaban J connectivity index is 2.57. The zero-order chi connectivity index (χ0) is 11.3. The van der Waals surface area contributed by atoms with Gasteiger partial charge >= 0.3 is 0 Å². The van der Waals surface area contributed by atoms with Crippen LogP contribution in [0, 0.1) is 0 Å². The van der Waals surface area contributed by atoms with Crippen molar-refractivity contribution in [3.63, 3.8) is 0 Å². The molecule has 0 aliphatic heterocycles. The maximum Gasteiger partial charge on any atom is 0.119 e. The van der Waals surface area contributed by atoms with Gasteiger partial charge in [0.15, 0.2) is 0 Å². The van der Waals surface area contributed by atoms with Crippen LogP contribution in [0.2, 0.25) is 0 Å². The molecular formula is C14H18O. The van der Waals surface area contributed by atoms with Crippen LogP contribution in [0.5, 0.6) is 5.75 Å². The highest BCUT2D eigenvalue weighted by atomic mass is 16.5. The molecular weight excluding hydrogens is 184 g/mol. The zero-order valence-corrected chi connectivity index (χ0v) is 9.71. The van der Waals surface area contributed by atoms with Gasteiger partial charge in [0, 0.05) is 0 Å². The van der Waals surface area contributed by atoms with E-state index < -0.39 is 0 Å². The number of ether oxygens (including phenoxy) is 1. The van der Waals surface area contributed by atoms with E-state index >= 15 is 0 Å². The summed E-state index contributed by atoms with van der Waals surface area (Å²) in [5.41, 5.74) is 3.50. The van der Waals surface area contributed by atoms with Gasteiger partial charge in [-0.3, -0.25) is 0 Å². The Hall–Kier alpha value is -1.50. The van der Waals surface area contributed by atoms with Crippen LogP contribution in [0.25, 0.3) is 5.57 Å². The summed E-state index contributed by atoms with van der Waals surface area (Å²) in [5, 5.41) is 0. The average Bonchev–Trinajstić information content (AvgIpc) is 2.18. The van der Waals surface area contributed by atoms with Crippen molar-refractivity contribution in [1.29, 1.82) is 0 Å². The molecule has 0 saturated carbocycles. The molecule has 0 heterocycles. The lowest BCUT2D eigenvalue weighted by Crippen LogP contribution is -1.93. The second-order valence-corrected chi connectivity index (χ2v) is 3.90. The van der Waals surface area contributed by atoms with Crippen LogP contribution < -0.4 is 4.74 Å². The first-order chi connectivity index (χ1) is 7.09. The molecule has 15 heavy (non-hydrogen) atoms. The highest BCUT2D eigenvalue weighted by Gasteiger charge is 1.94. The van der Waals surface area contributed by atoms with E-state index in [1.807, 2.05) is 31.2 Å². The van der Waals surface area contributed by atoms with Gasteiger partial charge in [0.25, 0.3) is 0 Å². The molecule has 1 aromatic carbocycles. The summed E-state index contributed by atoms with van der Waals surface area (Å²) in [6.45, 7) is 10.6. The first-order valence-corrected chi connectivity index (χ1v) is 5.11. The fourth-order valence-corrected chi connectivity index (χ4v) is 1.14. The van der Waals surface area contributed by atoms with Crippen molar-refractivity contribution in [2.45, 2.75) is 20.8 Å². The van der Waals surface area contributed by atoms with Crippen molar-refractivity contribution < 1.29 is 4.74 Å². The standard InChI is InChI=1S/C14H18O/c1-11(2)9-10-15-14-7-5-13(6-8-14)12(3)4/h5-9H,3,10H2,1-2,4H3. The van der Waals surface area contributed by atoms with Crippen LogP contribution in [0.15, 0.2) is 42.5 Å². The molecule has 0 spiro atoms. The van der Waals surface area contributed by atoms with Crippen LogP contribution in [0.3, 0.4) is 0 Å². The van der Waals surface area contributed by atoms with Crippen molar-refractivity contribution in [2.75, 3.05) is 6.61 Å². The van der Waals surface area contributed by atoms with E-state index in [0.29, 0.717) is 6.61 Å². The van der Waals surface area contributed by atoms with Crippen molar-refractivity contribution >= 4 is 5.57 Å². The molecule has 80 valence electrons. The molecule has 0 amide bonds. The minimum Gasteiger partial charge on any atom is -0.490 e. The summed E-state index contributed by atoms with van der Waals surface area (Å²) in [4.78, 5) is 0. The van der Waals surface area contributed by atoms with Gasteiger partial charge in [-0.2, -0.15) is 0 Å². The summed E-state index contributed by atoms with van der Waals surface area (Å²) in [6, 6.07) is 8.01. The number of hydrogen-bond acceptors (Lipinski definition) is 1. The fourth-order valence-electron chi connectivity index (χ4n) is 1.14. The van der Waals surface area contributed by atoms with E-state index in [4.69, 9.17) is 4.74 Å². The van der Waals surface area contributed by atoms with Gasteiger partial charge < -0.3 is 4.74 Å². The maximum absolute atomic E-state index is 5.55. The topological polar surface area (TPSA) is 9.23 Å². The molecule has 0 aliphatic rings. The Bertz CT molecular complexity index is 353. The minimum absolute atomic E-state index is 0.634. The van der Waals surface area contributed by atoms with Gasteiger partial charge in [-0.1, -0.05) is 29.9 Å². The van der Waals surface area contributed by atoms with Crippen LogP contribution in [-0.4, -0.2) is 6.61 Å². The predicted octanol–water partition coefficient (Wildman–Crippen LogP) is 4.06. The third-order valence-corrected chi connectivity index (χ3v) is 2.09. The van der Waals surface area contributed by atoms with E-state index in [1.54, 1.807) is 0 Å². The first-order valence-electron chi connectivity index (χ1n) is 5.11. The Morgan fingerprint density at radius 1 is 1.20 bits per heavy atom. The van der Waals surface area contributed by atoms with Crippen molar-refractivity contribution in [3.8, 4) is 5.75 Å². The molecule has 0 N–H and O–H groups in total. The summed E-state index contributed by atoms with van der Waals surface area (Å²) >= 11 is 0. The van der Waals surface area contributed by atoms with Gasteiger partial charge in [0.2, 0.25) is 0 Å². The Labute approximate surface area is 92.1 Å². The molecule has 1 heteroatoms. The summed E-state index contributed by atoms with van der Waals surface area (Å²) in [5.74, 6) is 0.900. The lowest BCUT2D eigenvalue weighted by Gasteiger charge is -2.05. The monoisotopic (exact) mass is 202 g/mol. The first kappa shape index (κ1) is 11.6. The summed E-state index contributed by atoms with van der Waals surface area (Å²) in [6.07, 6.45) is 2.06. The van der Waals surface area contributed by atoms with Crippen molar-refractivity contribution in [3.05, 3.63) is 48.1 Å². The summed E-state index contributed by atoms with van der Waals surface area (Å²) in [7, 11) is 0. The third kappa shape index (κ3) is 4.03. The summed E-state index contributed by atoms with van der Waals surface area (Å²) < 4.78 is 5.55.